The maximum atomic E-state index is 13.7. The monoisotopic (exact) mass is 498 g/mol. The number of ketones is 1. The summed E-state index contributed by atoms with van der Waals surface area (Å²) in [5.74, 6) is -3.21. The van der Waals surface area contributed by atoms with E-state index in [0.717, 1.165) is 21.2 Å². The maximum absolute atomic E-state index is 13.7. The van der Waals surface area contributed by atoms with Gasteiger partial charge in [0, 0.05) is 10.6 Å². The number of hydrogen-bond donors (Lipinski definition) is 0. The lowest BCUT2D eigenvalue weighted by molar-refractivity contribution is -0.156. The van der Waals surface area contributed by atoms with Crippen molar-refractivity contribution in [2.24, 2.45) is 11.8 Å². The molecule has 176 valence electrons. The Hall–Kier alpha value is -2.96. The molecule has 0 N–H and O–H groups in total. The van der Waals surface area contributed by atoms with Gasteiger partial charge in [-0.2, -0.15) is 5.01 Å². The SMILES string of the molecule is CC1=CC[C@@H]2C(=O)N(N(C(=O)c3ccc(Cl)cc3Cl)[C@H](C)C(=O)c3ccc(C)cc3)C(=O)[C@H]2C1. The molecule has 6 nitrogen and oxygen atoms in total. The first kappa shape index (κ1) is 24.2. The summed E-state index contributed by atoms with van der Waals surface area (Å²) in [7, 11) is 0. The summed E-state index contributed by atoms with van der Waals surface area (Å²) in [5, 5.41) is 2.23. The molecule has 8 heteroatoms. The predicted molar refractivity (Wildman–Crippen MR) is 129 cm³/mol. The third-order valence-corrected chi connectivity index (χ3v) is 7.02. The molecule has 0 saturated carbocycles. The number of benzene rings is 2. The Morgan fingerprint density at radius 2 is 1.65 bits per heavy atom. The van der Waals surface area contributed by atoms with Crippen LogP contribution in [0, 0.1) is 18.8 Å². The number of fused-ring (bicyclic) bond motifs is 1. The molecule has 2 aromatic rings. The smallest absolute Gasteiger partial charge is 0.275 e. The molecule has 3 atom stereocenters. The Morgan fingerprint density at radius 3 is 2.29 bits per heavy atom. The number of rotatable bonds is 5. The zero-order valence-corrected chi connectivity index (χ0v) is 20.6. The van der Waals surface area contributed by atoms with Gasteiger partial charge in [0.15, 0.2) is 5.78 Å². The molecule has 1 aliphatic carbocycles. The second-order valence-electron chi connectivity index (χ2n) is 8.87. The van der Waals surface area contributed by atoms with Crippen LogP contribution in [0.5, 0.6) is 0 Å². The number of hydrogen-bond acceptors (Lipinski definition) is 4. The lowest BCUT2D eigenvalue weighted by atomic mass is 9.82. The number of Topliss-reactive ketones (excluding diaryl/α,β-unsaturated/α-hetero) is 1. The highest BCUT2D eigenvalue weighted by atomic mass is 35.5. The molecule has 3 amide bonds. The fourth-order valence-electron chi connectivity index (χ4n) is 4.53. The third kappa shape index (κ3) is 4.28. The number of allylic oxidation sites excluding steroid dienone is 2. The number of hydrazine groups is 1. The van der Waals surface area contributed by atoms with E-state index in [4.69, 9.17) is 23.2 Å². The third-order valence-electron chi connectivity index (χ3n) is 6.47. The van der Waals surface area contributed by atoms with Crippen molar-refractivity contribution in [1.29, 1.82) is 0 Å². The highest BCUT2D eigenvalue weighted by Crippen LogP contribution is 2.39. The van der Waals surface area contributed by atoms with E-state index >= 15 is 0 Å². The van der Waals surface area contributed by atoms with Gasteiger partial charge in [0.25, 0.3) is 17.7 Å². The summed E-state index contributed by atoms with van der Waals surface area (Å²) in [6, 6.07) is 10.1. The molecule has 1 fully saturated rings. The Balaban J connectivity index is 1.77. The Labute approximate surface area is 208 Å². The summed E-state index contributed by atoms with van der Waals surface area (Å²) in [6.07, 6.45) is 2.80. The van der Waals surface area contributed by atoms with Crippen LogP contribution in [-0.2, 0) is 9.59 Å². The Morgan fingerprint density at radius 1 is 1.00 bits per heavy atom. The van der Waals surface area contributed by atoms with E-state index in [0.29, 0.717) is 23.4 Å². The van der Waals surface area contributed by atoms with Crippen molar-refractivity contribution in [3.8, 4) is 0 Å². The van der Waals surface area contributed by atoms with Gasteiger partial charge in [0.2, 0.25) is 0 Å². The van der Waals surface area contributed by atoms with E-state index in [1.807, 2.05) is 19.9 Å². The van der Waals surface area contributed by atoms with E-state index in [1.165, 1.54) is 25.1 Å². The second kappa shape index (κ2) is 9.35. The van der Waals surface area contributed by atoms with Crippen molar-refractivity contribution in [3.63, 3.8) is 0 Å². The van der Waals surface area contributed by atoms with Crippen LogP contribution in [0.25, 0.3) is 0 Å². The second-order valence-corrected chi connectivity index (χ2v) is 9.72. The maximum Gasteiger partial charge on any atom is 0.275 e. The molecule has 0 spiro atoms. The zero-order chi connectivity index (χ0) is 24.7. The molecular formula is C26H24Cl2N2O4. The van der Waals surface area contributed by atoms with Gasteiger partial charge in [-0.05, 0) is 51.8 Å². The lowest BCUT2D eigenvalue weighted by Gasteiger charge is -2.35. The molecule has 34 heavy (non-hydrogen) atoms. The van der Waals surface area contributed by atoms with Crippen molar-refractivity contribution in [3.05, 3.63) is 80.8 Å². The van der Waals surface area contributed by atoms with Gasteiger partial charge in [-0.3, -0.25) is 19.2 Å². The minimum absolute atomic E-state index is 0.0411. The minimum Gasteiger partial charge on any atom is -0.292 e. The first-order valence-electron chi connectivity index (χ1n) is 11.0. The van der Waals surface area contributed by atoms with E-state index in [9.17, 15) is 19.2 Å². The van der Waals surface area contributed by atoms with Crippen molar-refractivity contribution >= 4 is 46.7 Å². The quantitative estimate of drug-likeness (QED) is 0.319. The first-order chi connectivity index (χ1) is 16.1. The zero-order valence-electron chi connectivity index (χ0n) is 19.0. The number of amides is 3. The molecular weight excluding hydrogens is 475 g/mol. The normalized spacial score (nSPS) is 20.6. The van der Waals surface area contributed by atoms with Gasteiger partial charge >= 0.3 is 0 Å². The number of carbonyl (C=O) groups is 4. The summed E-state index contributed by atoms with van der Waals surface area (Å²) in [4.78, 5) is 54.0. The van der Waals surface area contributed by atoms with Gasteiger partial charge in [-0.15, -0.1) is 0 Å². The molecule has 4 rings (SSSR count). The minimum atomic E-state index is -1.14. The molecule has 0 unspecified atom stereocenters. The molecule has 1 heterocycles. The van der Waals surface area contributed by atoms with E-state index in [2.05, 4.69) is 0 Å². The van der Waals surface area contributed by atoms with Crippen LogP contribution in [0.4, 0.5) is 0 Å². The van der Waals surface area contributed by atoms with Crippen LogP contribution < -0.4 is 0 Å². The van der Waals surface area contributed by atoms with Crippen LogP contribution in [0.15, 0.2) is 54.1 Å². The van der Waals surface area contributed by atoms with E-state index in [-0.39, 0.29) is 10.6 Å². The van der Waals surface area contributed by atoms with Gasteiger partial charge in [-0.25, -0.2) is 5.01 Å². The molecule has 0 bridgehead atoms. The molecule has 1 saturated heterocycles. The predicted octanol–water partition coefficient (Wildman–Crippen LogP) is 5.27. The molecule has 0 radical (unpaired) electrons. The van der Waals surface area contributed by atoms with Gasteiger partial charge in [-0.1, -0.05) is 64.7 Å². The molecule has 0 aromatic heterocycles. The number of carbonyl (C=O) groups excluding carboxylic acids is 4. The molecule has 1 aliphatic heterocycles. The van der Waals surface area contributed by atoms with Crippen LogP contribution >= 0.6 is 23.2 Å². The van der Waals surface area contributed by atoms with Crippen LogP contribution in [0.3, 0.4) is 0 Å². The van der Waals surface area contributed by atoms with Crippen LogP contribution in [0.2, 0.25) is 10.0 Å². The number of imide groups is 1. The van der Waals surface area contributed by atoms with E-state index in [1.54, 1.807) is 24.3 Å². The number of nitrogens with zero attached hydrogens (tertiary/aromatic N) is 2. The first-order valence-corrected chi connectivity index (χ1v) is 11.8. The van der Waals surface area contributed by atoms with Gasteiger partial charge in [0.1, 0.15) is 6.04 Å². The summed E-state index contributed by atoms with van der Waals surface area (Å²) >= 11 is 12.3. The fraction of sp³-hybridized carbons (Fsp3) is 0.308. The van der Waals surface area contributed by atoms with Gasteiger partial charge in [0.05, 0.1) is 22.4 Å². The standard InChI is InChI=1S/C26H24Cl2N2O4/c1-14-4-7-17(8-5-14)23(31)16(3)29(25(33)20-11-9-18(27)13-22(20)28)30-24(32)19-10-6-15(2)12-21(19)26(30)34/h4-9,11,13,16,19,21H,10,12H2,1-3H3/t16-,19+,21+/m1/s1. The lowest BCUT2D eigenvalue weighted by Crippen LogP contribution is -2.56. The summed E-state index contributed by atoms with van der Waals surface area (Å²) in [5.41, 5.74) is 2.40. The van der Waals surface area contributed by atoms with Crippen molar-refractivity contribution < 1.29 is 19.2 Å². The Kier molecular flexibility index (Phi) is 6.65. The van der Waals surface area contributed by atoms with Crippen LogP contribution in [0.1, 0.15) is 53.0 Å². The van der Waals surface area contributed by atoms with Crippen molar-refractivity contribution in [1.82, 2.24) is 10.0 Å². The highest BCUT2D eigenvalue weighted by molar-refractivity contribution is 6.36. The van der Waals surface area contributed by atoms with Crippen molar-refractivity contribution in [2.75, 3.05) is 0 Å². The number of halogens is 2. The molecule has 2 aliphatic rings. The molecule has 2 aromatic carbocycles. The fourth-order valence-corrected chi connectivity index (χ4v) is 5.02. The number of aryl methyl sites for hydroxylation is 1. The summed E-state index contributed by atoms with van der Waals surface area (Å²) in [6.45, 7) is 5.32. The summed E-state index contributed by atoms with van der Waals surface area (Å²) < 4.78 is 0. The van der Waals surface area contributed by atoms with Crippen molar-refractivity contribution in [2.45, 2.75) is 39.7 Å². The van der Waals surface area contributed by atoms with Gasteiger partial charge < -0.3 is 0 Å². The topological polar surface area (TPSA) is 74.8 Å². The van der Waals surface area contributed by atoms with Crippen LogP contribution in [-0.4, -0.2) is 39.6 Å². The largest absolute Gasteiger partial charge is 0.292 e. The Bertz CT molecular complexity index is 1220. The highest BCUT2D eigenvalue weighted by Gasteiger charge is 2.53. The van der Waals surface area contributed by atoms with E-state index < -0.39 is 41.4 Å². The average molecular weight is 499 g/mol. The average Bonchev–Trinajstić information content (AvgIpc) is 3.03.